The van der Waals surface area contributed by atoms with E-state index in [1.165, 1.54) is 16.9 Å². The van der Waals surface area contributed by atoms with Crippen molar-refractivity contribution in [2.24, 2.45) is 0 Å². The summed E-state index contributed by atoms with van der Waals surface area (Å²) < 4.78 is 0. The van der Waals surface area contributed by atoms with Gasteiger partial charge in [0, 0.05) is 37.1 Å². The Balaban J connectivity index is 1.39. The van der Waals surface area contributed by atoms with E-state index in [1.807, 2.05) is 17.5 Å². The summed E-state index contributed by atoms with van der Waals surface area (Å²) in [5.41, 5.74) is 3.31. The molecule has 27 heavy (non-hydrogen) atoms. The van der Waals surface area contributed by atoms with Crippen molar-refractivity contribution in [3.8, 4) is 11.1 Å². The van der Waals surface area contributed by atoms with E-state index in [4.69, 9.17) is 0 Å². The highest BCUT2D eigenvalue weighted by atomic mass is 32.1. The lowest BCUT2D eigenvalue weighted by molar-refractivity contribution is 0.0936. The third kappa shape index (κ3) is 4.01. The first-order valence-corrected chi connectivity index (χ1v) is 10.1. The molecule has 1 saturated heterocycles. The number of amides is 1. The normalized spacial score (nSPS) is 14.9. The van der Waals surface area contributed by atoms with E-state index in [0.717, 1.165) is 47.9 Å². The molecule has 0 bridgehead atoms. The van der Waals surface area contributed by atoms with Gasteiger partial charge in [-0.15, -0.1) is 11.3 Å². The molecule has 0 aliphatic carbocycles. The Labute approximate surface area is 163 Å². The van der Waals surface area contributed by atoms with Crippen LogP contribution in [0.5, 0.6) is 0 Å². The number of carbonyl (C=O) groups is 1. The van der Waals surface area contributed by atoms with Crippen LogP contribution in [0.3, 0.4) is 0 Å². The van der Waals surface area contributed by atoms with E-state index in [9.17, 15) is 4.79 Å². The molecule has 5 nitrogen and oxygen atoms in total. The first-order valence-electron chi connectivity index (χ1n) is 9.18. The molecule has 1 N–H and O–H groups in total. The van der Waals surface area contributed by atoms with E-state index in [1.54, 1.807) is 12.4 Å². The summed E-state index contributed by atoms with van der Waals surface area (Å²) in [6, 6.07) is 12.3. The lowest BCUT2D eigenvalue weighted by Crippen LogP contribution is -2.45. The third-order valence-corrected chi connectivity index (χ3v) is 5.81. The molecule has 0 radical (unpaired) electrons. The van der Waals surface area contributed by atoms with Gasteiger partial charge < -0.3 is 10.2 Å². The maximum atomic E-state index is 12.8. The fraction of sp³-hybridized carbons (Fsp3) is 0.286. The predicted octanol–water partition coefficient (Wildman–Crippen LogP) is 3.91. The van der Waals surface area contributed by atoms with Gasteiger partial charge in [0.1, 0.15) is 0 Å². The van der Waals surface area contributed by atoms with E-state index in [-0.39, 0.29) is 11.9 Å². The van der Waals surface area contributed by atoms with Crippen molar-refractivity contribution < 1.29 is 4.79 Å². The SMILES string of the molecule is Cc1ccc(-c2ccsc2C(=O)NC2CCN(c3ncccn3)CC2)cc1. The first kappa shape index (κ1) is 17.7. The number of thiophene rings is 1. The fourth-order valence-corrected chi connectivity index (χ4v) is 4.19. The zero-order valence-electron chi connectivity index (χ0n) is 15.3. The maximum Gasteiger partial charge on any atom is 0.262 e. The van der Waals surface area contributed by atoms with Gasteiger partial charge in [-0.25, -0.2) is 9.97 Å². The lowest BCUT2D eigenvalue weighted by atomic mass is 10.0. The van der Waals surface area contributed by atoms with Crippen LogP contribution in [-0.2, 0) is 0 Å². The average molecular weight is 379 g/mol. The number of aromatic nitrogens is 2. The maximum absolute atomic E-state index is 12.8. The van der Waals surface area contributed by atoms with Crippen molar-refractivity contribution in [2.45, 2.75) is 25.8 Å². The van der Waals surface area contributed by atoms with Gasteiger partial charge in [-0.3, -0.25) is 4.79 Å². The molecule has 3 aromatic rings. The van der Waals surface area contributed by atoms with Crippen LogP contribution >= 0.6 is 11.3 Å². The second-order valence-corrected chi connectivity index (χ2v) is 7.73. The van der Waals surface area contributed by atoms with Gasteiger partial charge in [0.15, 0.2) is 0 Å². The van der Waals surface area contributed by atoms with Gasteiger partial charge in [0.25, 0.3) is 5.91 Å². The summed E-state index contributed by atoms with van der Waals surface area (Å²) in [4.78, 5) is 24.4. The molecule has 0 saturated carbocycles. The topological polar surface area (TPSA) is 58.1 Å². The molecule has 1 aliphatic rings. The number of nitrogens with zero attached hydrogens (tertiary/aromatic N) is 3. The van der Waals surface area contributed by atoms with Gasteiger partial charge in [-0.2, -0.15) is 0 Å². The molecule has 4 rings (SSSR count). The highest BCUT2D eigenvalue weighted by Gasteiger charge is 2.24. The first-order chi connectivity index (χ1) is 13.2. The van der Waals surface area contributed by atoms with Crippen LogP contribution in [0, 0.1) is 6.92 Å². The molecule has 2 aromatic heterocycles. The van der Waals surface area contributed by atoms with Crippen LogP contribution in [0.25, 0.3) is 11.1 Å². The number of anilines is 1. The van der Waals surface area contributed by atoms with Gasteiger partial charge in [-0.05, 0) is 42.8 Å². The Morgan fingerprint density at radius 2 is 1.81 bits per heavy atom. The number of hydrogen-bond acceptors (Lipinski definition) is 5. The van der Waals surface area contributed by atoms with Crippen LogP contribution in [0.4, 0.5) is 5.95 Å². The van der Waals surface area contributed by atoms with Crippen LogP contribution < -0.4 is 10.2 Å². The van der Waals surface area contributed by atoms with Crippen LogP contribution in [-0.4, -0.2) is 35.0 Å². The van der Waals surface area contributed by atoms with E-state index < -0.39 is 0 Å². The molecule has 0 unspecified atom stereocenters. The monoisotopic (exact) mass is 378 g/mol. The third-order valence-electron chi connectivity index (χ3n) is 4.90. The summed E-state index contributed by atoms with van der Waals surface area (Å²) in [6.07, 6.45) is 5.32. The zero-order chi connectivity index (χ0) is 18.6. The highest BCUT2D eigenvalue weighted by molar-refractivity contribution is 7.12. The van der Waals surface area contributed by atoms with Gasteiger partial charge >= 0.3 is 0 Å². The number of benzene rings is 1. The van der Waals surface area contributed by atoms with Crippen molar-refractivity contribution in [1.29, 1.82) is 0 Å². The van der Waals surface area contributed by atoms with E-state index in [2.05, 4.69) is 51.4 Å². The number of piperidine rings is 1. The average Bonchev–Trinajstić information content (AvgIpc) is 3.20. The number of nitrogens with one attached hydrogen (secondary N) is 1. The summed E-state index contributed by atoms with van der Waals surface area (Å²) >= 11 is 1.50. The summed E-state index contributed by atoms with van der Waals surface area (Å²) in [5, 5.41) is 5.20. The van der Waals surface area contributed by atoms with Crippen molar-refractivity contribution in [2.75, 3.05) is 18.0 Å². The molecule has 1 fully saturated rings. The standard InChI is InChI=1S/C21H22N4OS/c1-15-3-5-16(6-4-15)18-9-14-27-19(18)20(26)24-17-7-12-25(13-8-17)21-22-10-2-11-23-21/h2-6,9-11,14,17H,7-8,12-13H2,1H3,(H,24,26). The Bertz CT molecular complexity index is 899. The van der Waals surface area contributed by atoms with Crippen LogP contribution in [0.15, 0.2) is 54.2 Å². The second-order valence-electron chi connectivity index (χ2n) is 6.81. The van der Waals surface area contributed by atoms with E-state index >= 15 is 0 Å². The minimum Gasteiger partial charge on any atom is -0.348 e. The summed E-state index contributed by atoms with van der Waals surface area (Å²) in [6.45, 7) is 3.77. The number of hydrogen-bond donors (Lipinski definition) is 1. The van der Waals surface area contributed by atoms with Crippen molar-refractivity contribution in [3.63, 3.8) is 0 Å². The molecule has 1 aliphatic heterocycles. The van der Waals surface area contributed by atoms with Crippen LogP contribution in [0.2, 0.25) is 0 Å². The Hall–Kier alpha value is -2.73. The Morgan fingerprint density at radius 1 is 1.11 bits per heavy atom. The number of carbonyl (C=O) groups excluding carboxylic acids is 1. The number of aryl methyl sites for hydroxylation is 1. The zero-order valence-corrected chi connectivity index (χ0v) is 16.1. The van der Waals surface area contributed by atoms with Gasteiger partial charge in [-0.1, -0.05) is 29.8 Å². The summed E-state index contributed by atoms with van der Waals surface area (Å²) in [7, 11) is 0. The van der Waals surface area contributed by atoms with Crippen LogP contribution in [0.1, 0.15) is 28.1 Å². The highest BCUT2D eigenvalue weighted by Crippen LogP contribution is 2.29. The summed E-state index contributed by atoms with van der Waals surface area (Å²) in [5.74, 6) is 0.789. The largest absolute Gasteiger partial charge is 0.348 e. The Morgan fingerprint density at radius 3 is 2.52 bits per heavy atom. The molecule has 1 aromatic carbocycles. The van der Waals surface area contributed by atoms with Crippen molar-refractivity contribution >= 4 is 23.2 Å². The lowest BCUT2D eigenvalue weighted by Gasteiger charge is -2.32. The number of rotatable bonds is 4. The minimum atomic E-state index is 0.0231. The molecule has 0 spiro atoms. The predicted molar refractivity (Wildman–Crippen MR) is 109 cm³/mol. The second kappa shape index (κ2) is 7.88. The molecule has 3 heterocycles. The molecular weight excluding hydrogens is 356 g/mol. The smallest absolute Gasteiger partial charge is 0.262 e. The van der Waals surface area contributed by atoms with Gasteiger partial charge in [0.05, 0.1) is 4.88 Å². The molecular formula is C21H22N4OS. The molecule has 138 valence electrons. The minimum absolute atomic E-state index is 0.0231. The Kier molecular flexibility index (Phi) is 5.16. The van der Waals surface area contributed by atoms with Crippen molar-refractivity contribution in [1.82, 2.24) is 15.3 Å². The van der Waals surface area contributed by atoms with E-state index in [0.29, 0.717) is 0 Å². The molecule has 6 heteroatoms. The molecule has 0 atom stereocenters. The fourth-order valence-electron chi connectivity index (χ4n) is 3.37. The quantitative estimate of drug-likeness (QED) is 0.748. The van der Waals surface area contributed by atoms with Crippen molar-refractivity contribution in [3.05, 3.63) is 64.6 Å². The molecule has 1 amide bonds. The van der Waals surface area contributed by atoms with Gasteiger partial charge in [0.2, 0.25) is 5.95 Å².